The van der Waals surface area contributed by atoms with E-state index in [4.69, 9.17) is 20.9 Å². The molecule has 6 heteroatoms. The van der Waals surface area contributed by atoms with Crippen LogP contribution in [0.25, 0.3) is 11.1 Å². The first kappa shape index (κ1) is 18.8. The summed E-state index contributed by atoms with van der Waals surface area (Å²) in [5, 5.41) is 0. The molecule has 6 nitrogen and oxygen atoms in total. The van der Waals surface area contributed by atoms with Crippen LogP contribution in [-0.4, -0.2) is 11.9 Å². The van der Waals surface area contributed by atoms with Crippen molar-refractivity contribution in [1.29, 1.82) is 0 Å². The van der Waals surface area contributed by atoms with Crippen LogP contribution in [0, 0.1) is 0 Å². The molecule has 0 bridgehead atoms. The average Bonchev–Trinajstić information content (AvgIpc) is 2.64. The maximum absolute atomic E-state index is 11.4. The molecule has 26 heavy (non-hydrogen) atoms. The Morgan fingerprint density at radius 1 is 0.808 bits per heavy atom. The number of nitrogens with two attached hydrogens (primary N) is 2. The lowest BCUT2D eigenvalue weighted by atomic mass is 9.95. The highest BCUT2D eigenvalue weighted by Gasteiger charge is 2.13. The zero-order valence-electron chi connectivity index (χ0n) is 14.2. The minimum Gasteiger partial charge on any atom is -0.458 e. The van der Waals surface area contributed by atoms with E-state index in [1.54, 1.807) is 24.3 Å². The molecule has 4 N–H and O–H groups in total. The summed E-state index contributed by atoms with van der Waals surface area (Å²) in [5.41, 5.74) is 15.8. The van der Waals surface area contributed by atoms with Gasteiger partial charge in [-0.15, -0.1) is 0 Å². The van der Waals surface area contributed by atoms with E-state index in [1.807, 2.05) is 12.1 Å². The molecule has 0 amide bonds. The number of nitrogen functional groups attached to an aromatic ring is 2. The Balaban J connectivity index is 2.43. The van der Waals surface area contributed by atoms with E-state index in [9.17, 15) is 9.59 Å². The lowest BCUT2D eigenvalue weighted by Gasteiger charge is -2.15. The van der Waals surface area contributed by atoms with Crippen molar-refractivity contribution in [2.45, 2.75) is 13.2 Å². The molecule has 0 saturated carbocycles. The van der Waals surface area contributed by atoms with Gasteiger partial charge in [0.25, 0.3) is 0 Å². The second-order valence-electron chi connectivity index (χ2n) is 5.46. The molecule has 0 aliphatic rings. The Labute approximate surface area is 151 Å². The van der Waals surface area contributed by atoms with Crippen molar-refractivity contribution in [3.05, 3.63) is 72.8 Å². The first-order chi connectivity index (χ1) is 12.4. The van der Waals surface area contributed by atoms with Gasteiger partial charge in [0, 0.05) is 23.5 Å². The predicted octanol–water partition coefficient (Wildman–Crippen LogP) is 2.98. The predicted molar refractivity (Wildman–Crippen MR) is 101 cm³/mol. The summed E-state index contributed by atoms with van der Waals surface area (Å²) in [6.07, 6.45) is 2.19. The Kier molecular flexibility index (Phi) is 6.16. The highest BCUT2D eigenvalue weighted by molar-refractivity contribution is 5.82. The van der Waals surface area contributed by atoms with E-state index in [0.717, 1.165) is 23.3 Å². The van der Waals surface area contributed by atoms with Crippen molar-refractivity contribution >= 4 is 23.3 Å². The summed E-state index contributed by atoms with van der Waals surface area (Å²) in [6.45, 7) is 6.81. The van der Waals surface area contributed by atoms with Gasteiger partial charge in [0.05, 0.1) is 0 Å². The summed E-state index contributed by atoms with van der Waals surface area (Å²) in [5.74, 6) is -1.06. The highest BCUT2D eigenvalue weighted by atomic mass is 16.5. The fraction of sp³-hybridized carbons (Fsp3) is 0.100. The van der Waals surface area contributed by atoms with Crippen LogP contribution in [0.2, 0.25) is 0 Å². The average molecular weight is 352 g/mol. The molecule has 0 spiro atoms. The van der Waals surface area contributed by atoms with E-state index in [-0.39, 0.29) is 13.2 Å². The van der Waals surface area contributed by atoms with Gasteiger partial charge in [-0.1, -0.05) is 25.3 Å². The topological polar surface area (TPSA) is 105 Å². The summed E-state index contributed by atoms with van der Waals surface area (Å²) in [6, 6.07) is 10.6. The lowest BCUT2D eigenvalue weighted by Crippen LogP contribution is -2.05. The number of hydrogen-bond donors (Lipinski definition) is 2. The van der Waals surface area contributed by atoms with Crippen LogP contribution >= 0.6 is 0 Å². The number of carbonyl (C=O) groups excluding carboxylic acids is 2. The second-order valence-corrected chi connectivity index (χ2v) is 5.46. The van der Waals surface area contributed by atoms with Crippen molar-refractivity contribution < 1.29 is 19.1 Å². The molecule has 0 heterocycles. The molecule has 134 valence electrons. The molecule has 0 radical (unpaired) electrons. The minimum absolute atomic E-state index is 0.0293. The molecule has 0 unspecified atom stereocenters. The molecular weight excluding hydrogens is 332 g/mol. The maximum atomic E-state index is 11.4. The third-order valence-electron chi connectivity index (χ3n) is 3.62. The Hall–Kier alpha value is -3.54. The minimum atomic E-state index is -0.532. The molecule has 0 aromatic heterocycles. The highest BCUT2D eigenvalue weighted by Crippen LogP contribution is 2.31. The first-order valence-corrected chi connectivity index (χ1v) is 7.80. The Morgan fingerprint density at radius 3 is 1.54 bits per heavy atom. The smallest absolute Gasteiger partial charge is 0.330 e. The number of ether oxygens (including phenoxy) is 2. The monoisotopic (exact) mass is 352 g/mol. The summed E-state index contributed by atoms with van der Waals surface area (Å²) < 4.78 is 10.3. The number of anilines is 2. The van der Waals surface area contributed by atoms with Crippen LogP contribution in [0.1, 0.15) is 11.1 Å². The second kappa shape index (κ2) is 8.53. The fourth-order valence-electron chi connectivity index (χ4n) is 2.41. The molecule has 0 aliphatic carbocycles. The number of hydrogen-bond acceptors (Lipinski definition) is 6. The number of esters is 2. The molecule has 2 rings (SSSR count). The van der Waals surface area contributed by atoms with Gasteiger partial charge in [0.15, 0.2) is 0 Å². The van der Waals surface area contributed by atoms with Gasteiger partial charge < -0.3 is 20.9 Å². The Bertz CT molecular complexity index is 787. The zero-order chi connectivity index (χ0) is 19.1. The van der Waals surface area contributed by atoms with Gasteiger partial charge in [0.1, 0.15) is 13.2 Å². The first-order valence-electron chi connectivity index (χ1n) is 7.80. The molecule has 0 saturated heterocycles. The largest absolute Gasteiger partial charge is 0.458 e. The van der Waals surface area contributed by atoms with Gasteiger partial charge in [-0.25, -0.2) is 9.59 Å². The molecule has 0 fully saturated rings. The zero-order valence-corrected chi connectivity index (χ0v) is 14.2. The van der Waals surface area contributed by atoms with Crippen molar-refractivity contribution in [2.75, 3.05) is 11.5 Å². The van der Waals surface area contributed by atoms with E-state index in [1.165, 1.54) is 0 Å². The standard InChI is InChI=1S/C20H20N2O4/c1-3-19(23)25-11-13-9-15(21)5-7-17(13)18-8-6-16(22)10-14(18)12-26-20(24)4-2/h3-10H,1-2,11-12,21-22H2. The number of carbonyl (C=O) groups is 2. The summed E-state index contributed by atoms with van der Waals surface area (Å²) in [4.78, 5) is 22.8. The van der Waals surface area contributed by atoms with Crippen molar-refractivity contribution in [3.8, 4) is 11.1 Å². The van der Waals surface area contributed by atoms with Crippen LogP contribution in [0.5, 0.6) is 0 Å². The number of benzene rings is 2. The number of rotatable bonds is 7. The van der Waals surface area contributed by atoms with Gasteiger partial charge >= 0.3 is 11.9 Å². The van der Waals surface area contributed by atoms with Crippen LogP contribution in [0.15, 0.2) is 61.7 Å². The maximum Gasteiger partial charge on any atom is 0.330 e. The normalized spacial score (nSPS) is 10.0. The lowest BCUT2D eigenvalue weighted by molar-refractivity contribution is -0.139. The van der Waals surface area contributed by atoms with E-state index in [2.05, 4.69) is 13.2 Å². The summed E-state index contributed by atoms with van der Waals surface area (Å²) in [7, 11) is 0. The molecule has 0 atom stereocenters. The van der Waals surface area contributed by atoms with Crippen LogP contribution in [0.3, 0.4) is 0 Å². The third kappa shape index (κ3) is 4.73. The molecule has 2 aromatic carbocycles. The van der Waals surface area contributed by atoms with Crippen LogP contribution < -0.4 is 11.5 Å². The van der Waals surface area contributed by atoms with Crippen molar-refractivity contribution in [1.82, 2.24) is 0 Å². The summed E-state index contributed by atoms with van der Waals surface area (Å²) >= 11 is 0. The van der Waals surface area contributed by atoms with Gasteiger partial charge in [-0.2, -0.15) is 0 Å². The SMILES string of the molecule is C=CC(=O)OCc1cc(N)ccc1-c1ccc(N)cc1COC(=O)C=C. The molecule has 2 aromatic rings. The quantitative estimate of drug-likeness (QED) is 0.451. The molecular formula is C20H20N2O4. The van der Waals surface area contributed by atoms with Crippen molar-refractivity contribution in [2.24, 2.45) is 0 Å². The molecule has 0 aliphatic heterocycles. The fourth-order valence-corrected chi connectivity index (χ4v) is 2.41. The van der Waals surface area contributed by atoms with E-state index < -0.39 is 11.9 Å². The van der Waals surface area contributed by atoms with Crippen LogP contribution in [0.4, 0.5) is 11.4 Å². The van der Waals surface area contributed by atoms with Crippen molar-refractivity contribution in [3.63, 3.8) is 0 Å². The Morgan fingerprint density at radius 2 is 1.19 bits per heavy atom. The van der Waals surface area contributed by atoms with Gasteiger partial charge in [-0.05, 0) is 46.5 Å². The van der Waals surface area contributed by atoms with Crippen LogP contribution in [-0.2, 0) is 32.3 Å². The third-order valence-corrected chi connectivity index (χ3v) is 3.62. The van der Waals surface area contributed by atoms with Gasteiger partial charge in [-0.3, -0.25) is 0 Å². The van der Waals surface area contributed by atoms with Gasteiger partial charge in [0.2, 0.25) is 0 Å². The van der Waals surface area contributed by atoms with E-state index >= 15 is 0 Å². The van der Waals surface area contributed by atoms with E-state index in [0.29, 0.717) is 22.5 Å².